The SMILES string of the molecule is C[N+]1=C(C=CCC=Nc2ccccc2)C(C)(C)c2c1ccc1ccccc21. The number of aliphatic imine (C=N–C) groups is 1. The lowest BCUT2D eigenvalue weighted by atomic mass is 9.79. The highest BCUT2D eigenvalue weighted by atomic mass is 15.0. The third kappa shape index (κ3) is 3.12. The van der Waals surface area contributed by atoms with Gasteiger partial charge in [-0.05, 0) is 42.8 Å². The molecule has 0 unspecified atom stereocenters. The fourth-order valence-electron chi connectivity index (χ4n) is 4.11. The van der Waals surface area contributed by atoms with E-state index in [9.17, 15) is 0 Å². The molecule has 0 bridgehead atoms. The van der Waals surface area contributed by atoms with Crippen molar-refractivity contribution < 1.29 is 4.58 Å². The number of fused-ring (bicyclic) bond motifs is 3. The molecule has 0 aliphatic carbocycles. The number of rotatable bonds is 4. The Hall–Kier alpha value is -3.00. The lowest BCUT2D eigenvalue weighted by Crippen LogP contribution is -2.26. The topological polar surface area (TPSA) is 15.4 Å². The van der Waals surface area contributed by atoms with Crippen LogP contribution >= 0.6 is 0 Å². The van der Waals surface area contributed by atoms with Gasteiger partial charge in [0.25, 0.3) is 0 Å². The average Bonchev–Trinajstić information content (AvgIpc) is 2.89. The van der Waals surface area contributed by atoms with E-state index < -0.39 is 0 Å². The number of para-hydroxylation sites is 1. The van der Waals surface area contributed by atoms with Crippen LogP contribution in [0.15, 0.2) is 83.9 Å². The van der Waals surface area contributed by atoms with Gasteiger partial charge in [-0.3, -0.25) is 4.99 Å². The lowest BCUT2D eigenvalue weighted by Gasteiger charge is -2.17. The molecule has 0 aromatic heterocycles. The summed E-state index contributed by atoms with van der Waals surface area (Å²) in [5.74, 6) is 0. The smallest absolute Gasteiger partial charge is 0.210 e. The van der Waals surface area contributed by atoms with Crippen LogP contribution in [0, 0.1) is 0 Å². The zero-order valence-corrected chi connectivity index (χ0v) is 16.2. The van der Waals surface area contributed by atoms with Crippen LogP contribution in [0.1, 0.15) is 25.8 Å². The fourth-order valence-corrected chi connectivity index (χ4v) is 4.11. The molecular weight excluding hydrogens is 328 g/mol. The molecule has 3 aromatic carbocycles. The Morgan fingerprint density at radius 2 is 1.67 bits per heavy atom. The van der Waals surface area contributed by atoms with Crippen LogP contribution in [0.5, 0.6) is 0 Å². The predicted molar refractivity (Wildman–Crippen MR) is 116 cm³/mol. The molecule has 2 heteroatoms. The lowest BCUT2D eigenvalue weighted by molar-refractivity contribution is -0.401. The second-order valence-electron chi connectivity index (χ2n) is 7.54. The van der Waals surface area contributed by atoms with Crippen molar-refractivity contribution in [1.29, 1.82) is 0 Å². The van der Waals surface area contributed by atoms with Crippen molar-refractivity contribution in [2.45, 2.75) is 25.7 Å². The monoisotopic (exact) mass is 353 g/mol. The Kier molecular flexibility index (Phi) is 4.49. The first kappa shape index (κ1) is 17.4. The molecule has 0 amide bonds. The van der Waals surface area contributed by atoms with Gasteiger partial charge in [0, 0.05) is 30.3 Å². The van der Waals surface area contributed by atoms with Crippen molar-refractivity contribution >= 4 is 34.1 Å². The van der Waals surface area contributed by atoms with E-state index in [0.717, 1.165) is 12.1 Å². The van der Waals surface area contributed by atoms with Gasteiger partial charge in [-0.2, -0.15) is 4.58 Å². The molecule has 1 heterocycles. The molecule has 0 atom stereocenters. The number of hydrogen-bond acceptors (Lipinski definition) is 1. The minimum Gasteiger partial charge on any atom is -0.261 e. The van der Waals surface area contributed by atoms with Gasteiger partial charge in [-0.25, -0.2) is 0 Å². The van der Waals surface area contributed by atoms with Crippen molar-refractivity contribution in [2.24, 2.45) is 4.99 Å². The molecule has 2 nitrogen and oxygen atoms in total. The summed E-state index contributed by atoms with van der Waals surface area (Å²) in [4.78, 5) is 4.51. The first-order chi connectivity index (χ1) is 13.1. The molecule has 4 rings (SSSR count). The van der Waals surface area contributed by atoms with Gasteiger partial charge in [-0.15, -0.1) is 0 Å². The highest BCUT2D eigenvalue weighted by Gasteiger charge is 2.43. The minimum absolute atomic E-state index is 0.0297. The van der Waals surface area contributed by atoms with E-state index in [0.29, 0.717) is 0 Å². The Bertz CT molecular complexity index is 1070. The van der Waals surface area contributed by atoms with E-state index in [1.54, 1.807) is 0 Å². The maximum absolute atomic E-state index is 4.51. The molecule has 134 valence electrons. The summed E-state index contributed by atoms with van der Waals surface area (Å²) in [6, 6.07) is 23.2. The van der Waals surface area contributed by atoms with E-state index in [2.05, 4.69) is 79.0 Å². The van der Waals surface area contributed by atoms with Gasteiger partial charge in [0.05, 0.1) is 11.1 Å². The molecule has 27 heavy (non-hydrogen) atoms. The van der Waals surface area contributed by atoms with Crippen LogP contribution in [0.2, 0.25) is 0 Å². The summed E-state index contributed by atoms with van der Waals surface area (Å²) in [6.07, 6.45) is 7.25. The summed E-state index contributed by atoms with van der Waals surface area (Å²) in [6.45, 7) is 4.64. The zero-order valence-electron chi connectivity index (χ0n) is 16.2. The highest BCUT2D eigenvalue weighted by molar-refractivity contribution is 6.07. The summed E-state index contributed by atoms with van der Waals surface area (Å²) in [5, 5.41) is 2.65. The molecule has 1 aliphatic rings. The zero-order chi connectivity index (χ0) is 18.9. The van der Waals surface area contributed by atoms with Gasteiger partial charge < -0.3 is 0 Å². The van der Waals surface area contributed by atoms with Crippen LogP contribution in [0.4, 0.5) is 11.4 Å². The first-order valence-corrected chi connectivity index (χ1v) is 9.46. The van der Waals surface area contributed by atoms with Crippen LogP contribution in [-0.4, -0.2) is 23.5 Å². The Morgan fingerprint density at radius 3 is 2.48 bits per heavy atom. The molecule has 3 aromatic rings. The average molecular weight is 353 g/mol. The Morgan fingerprint density at radius 1 is 0.926 bits per heavy atom. The van der Waals surface area contributed by atoms with Crippen molar-refractivity contribution in [3.05, 3.63) is 84.4 Å². The standard InChI is InChI=1S/C25H25N2/c1-25(2)23(15-9-10-18-26-20-12-5-4-6-13-20)27(3)22-17-16-19-11-7-8-14-21(19)24(22)25/h4-9,11-18H,10H2,1-3H3/q+1. The molecule has 0 N–H and O–H groups in total. The molecule has 0 fully saturated rings. The van der Waals surface area contributed by atoms with Crippen molar-refractivity contribution in [1.82, 2.24) is 0 Å². The van der Waals surface area contributed by atoms with Gasteiger partial charge in [0.15, 0.2) is 5.71 Å². The maximum Gasteiger partial charge on any atom is 0.210 e. The summed E-state index contributed by atoms with van der Waals surface area (Å²) < 4.78 is 2.33. The third-order valence-corrected chi connectivity index (χ3v) is 5.41. The summed E-state index contributed by atoms with van der Waals surface area (Å²) in [7, 11) is 2.17. The fraction of sp³-hybridized carbons (Fsp3) is 0.200. The largest absolute Gasteiger partial charge is 0.261 e. The maximum atomic E-state index is 4.51. The van der Waals surface area contributed by atoms with E-state index in [4.69, 9.17) is 0 Å². The second kappa shape index (κ2) is 6.96. The quantitative estimate of drug-likeness (QED) is 0.392. The molecule has 0 spiro atoms. The first-order valence-electron chi connectivity index (χ1n) is 9.46. The van der Waals surface area contributed by atoms with Gasteiger partial charge in [0.1, 0.15) is 7.05 Å². The predicted octanol–water partition coefficient (Wildman–Crippen LogP) is 6.19. The van der Waals surface area contributed by atoms with E-state index in [-0.39, 0.29) is 5.41 Å². The van der Waals surface area contributed by atoms with E-state index in [1.165, 1.54) is 27.7 Å². The van der Waals surface area contributed by atoms with Crippen LogP contribution < -0.4 is 0 Å². The second-order valence-corrected chi connectivity index (χ2v) is 7.54. The van der Waals surface area contributed by atoms with Crippen molar-refractivity contribution in [3.8, 4) is 0 Å². The third-order valence-electron chi connectivity index (χ3n) is 5.41. The van der Waals surface area contributed by atoms with E-state index >= 15 is 0 Å². The van der Waals surface area contributed by atoms with Crippen LogP contribution in [0.25, 0.3) is 10.8 Å². The van der Waals surface area contributed by atoms with Gasteiger partial charge in [-0.1, -0.05) is 48.5 Å². The highest BCUT2D eigenvalue weighted by Crippen LogP contribution is 2.43. The summed E-state index contributed by atoms with van der Waals surface area (Å²) >= 11 is 0. The summed E-state index contributed by atoms with van der Waals surface area (Å²) in [5.41, 5.74) is 5.01. The number of benzene rings is 3. The van der Waals surface area contributed by atoms with Gasteiger partial charge in [0.2, 0.25) is 5.69 Å². The Balaban J connectivity index is 1.61. The van der Waals surface area contributed by atoms with Gasteiger partial charge >= 0.3 is 0 Å². The molecule has 0 saturated heterocycles. The number of allylic oxidation sites excluding steroid dienone is 2. The normalized spacial score (nSPS) is 16.0. The number of nitrogens with zero attached hydrogens (tertiary/aromatic N) is 2. The van der Waals surface area contributed by atoms with Crippen molar-refractivity contribution in [2.75, 3.05) is 7.05 Å². The van der Waals surface area contributed by atoms with Crippen LogP contribution in [-0.2, 0) is 5.41 Å². The molecular formula is C25H25N2+. The minimum atomic E-state index is -0.0297. The molecule has 0 saturated carbocycles. The number of hydrogen-bond donors (Lipinski definition) is 0. The van der Waals surface area contributed by atoms with Crippen molar-refractivity contribution in [3.63, 3.8) is 0 Å². The molecule has 1 aliphatic heterocycles. The van der Waals surface area contributed by atoms with E-state index in [1.807, 2.05) is 36.5 Å². The Labute approximate surface area is 161 Å². The van der Waals surface area contributed by atoms with Crippen LogP contribution in [0.3, 0.4) is 0 Å². The molecule has 0 radical (unpaired) electrons.